The number of nitrogens with one attached hydrogen (secondary N) is 3. The first-order chi connectivity index (χ1) is 15.9. The molecule has 0 saturated heterocycles. The number of carboxylic acid groups (broad SMARTS) is 1. The van der Waals surface area contributed by atoms with Gasteiger partial charge in [0.25, 0.3) is 0 Å². The number of para-hydroxylation sites is 1. The van der Waals surface area contributed by atoms with E-state index in [4.69, 9.17) is 5.73 Å². The van der Waals surface area contributed by atoms with E-state index in [2.05, 4.69) is 16.0 Å². The first kappa shape index (κ1) is 26.0. The quantitative estimate of drug-likeness (QED) is 0.278. The third-order valence-electron chi connectivity index (χ3n) is 5.32. The highest BCUT2D eigenvalue weighted by Crippen LogP contribution is 2.11. The predicted octanol–water partition coefficient (Wildman–Crippen LogP) is 2.30. The van der Waals surface area contributed by atoms with Crippen molar-refractivity contribution in [2.75, 3.05) is 11.9 Å². The Hall–Kier alpha value is -3.23. The fourth-order valence-electron chi connectivity index (χ4n) is 3.40. The molecule has 0 saturated carbocycles. The summed E-state index contributed by atoms with van der Waals surface area (Å²) in [6.45, 7) is 1.99. The van der Waals surface area contributed by atoms with Crippen LogP contribution >= 0.6 is 0 Å². The highest BCUT2D eigenvalue weighted by Gasteiger charge is 2.27. The topological polar surface area (TPSA) is 134 Å². The zero-order valence-electron chi connectivity index (χ0n) is 19.0. The number of carbonyl (C=O) groups excluding carboxylic acids is 2. The first-order valence-corrected chi connectivity index (χ1v) is 11.3. The molecule has 0 radical (unpaired) electrons. The number of aryl methyl sites for hydroxylation is 1. The molecule has 33 heavy (non-hydrogen) atoms. The van der Waals surface area contributed by atoms with Crippen LogP contribution in [0.5, 0.6) is 0 Å². The maximum Gasteiger partial charge on any atom is 0.320 e. The van der Waals surface area contributed by atoms with Crippen molar-refractivity contribution in [2.45, 2.75) is 57.2 Å². The summed E-state index contributed by atoms with van der Waals surface area (Å²) < 4.78 is 0. The Bertz CT molecular complexity index is 876. The van der Waals surface area contributed by atoms with Crippen LogP contribution in [-0.2, 0) is 20.8 Å². The lowest BCUT2D eigenvalue weighted by Crippen LogP contribution is -2.54. The summed E-state index contributed by atoms with van der Waals surface area (Å²) in [4.78, 5) is 37.4. The Morgan fingerprint density at radius 3 is 2.12 bits per heavy atom. The zero-order chi connectivity index (χ0) is 24.1. The average Bonchev–Trinajstić information content (AvgIpc) is 2.82. The second kappa shape index (κ2) is 14.0. The SMILES string of the molecule is C[C@@H](N[C@@H](CCc1ccccc1)C(=O)N[C@@H](CCCCN)C(=O)Nc1ccccc1)C(=O)O. The first-order valence-electron chi connectivity index (χ1n) is 11.3. The van der Waals surface area contributed by atoms with E-state index in [1.807, 2.05) is 48.5 Å². The van der Waals surface area contributed by atoms with Gasteiger partial charge in [0, 0.05) is 5.69 Å². The summed E-state index contributed by atoms with van der Waals surface area (Å²) >= 11 is 0. The van der Waals surface area contributed by atoms with E-state index >= 15 is 0 Å². The van der Waals surface area contributed by atoms with Gasteiger partial charge in [-0.2, -0.15) is 0 Å². The minimum Gasteiger partial charge on any atom is -0.480 e. The van der Waals surface area contributed by atoms with E-state index in [0.717, 1.165) is 12.0 Å². The van der Waals surface area contributed by atoms with E-state index < -0.39 is 30.0 Å². The highest BCUT2D eigenvalue weighted by molar-refractivity contribution is 5.97. The third kappa shape index (κ3) is 9.43. The van der Waals surface area contributed by atoms with E-state index in [0.29, 0.717) is 37.9 Å². The van der Waals surface area contributed by atoms with Crippen LogP contribution in [0, 0.1) is 0 Å². The van der Waals surface area contributed by atoms with Crippen molar-refractivity contribution in [3.63, 3.8) is 0 Å². The third-order valence-corrected chi connectivity index (χ3v) is 5.32. The Kier molecular flexibility index (Phi) is 11.1. The molecule has 0 bridgehead atoms. The predicted molar refractivity (Wildman–Crippen MR) is 129 cm³/mol. The number of rotatable bonds is 14. The summed E-state index contributed by atoms with van der Waals surface area (Å²) in [5, 5.41) is 17.8. The molecule has 3 atom stereocenters. The molecule has 2 aromatic rings. The number of hydrogen-bond acceptors (Lipinski definition) is 5. The molecule has 0 spiro atoms. The van der Waals surface area contributed by atoms with E-state index in [1.54, 1.807) is 12.1 Å². The van der Waals surface area contributed by atoms with Crippen molar-refractivity contribution in [2.24, 2.45) is 5.73 Å². The van der Waals surface area contributed by atoms with Crippen LogP contribution in [0.2, 0.25) is 0 Å². The molecule has 0 aromatic heterocycles. The number of aliphatic carboxylic acids is 1. The molecule has 8 heteroatoms. The van der Waals surface area contributed by atoms with Crippen LogP contribution in [0.4, 0.5) is 5.69 Å². The van der Waals surface area contributed by atoms with Crippen LogP contribution in [0.25, 0.3) is 0 Å². The Labute approximate surface area is 195 Å². The van der Waals surface area contributed by atoms with Crippen molar-refractivity contribution in [1.29, 1.82) is 0 Å². The number of carbonyl (C=O) groups is 3. The lowest BCUT2D eigenvalue weighted by Gasteiger charge is -2.24. The maximum atomic E-state index is 13.2. The summed E-state index contributed by atoms with van der Waals surface area (Å²) in [5.74, 6) is -1.77. The van der Waals surface area contributed by atoms with Crippen molar-refractivity contribution in [3.8, 4) is 0 Å². The number of carboxylic acids is 1. The second-order valence-corrected chi connectivity index (χ2v) is 8.00. The molecule has 2 amide bonds. The fourth-order valence-corrected chi connectivity index (χ4v) is 3.40. The van der Waals surface area contributed by atoms with Crippen molar-refractivity contribution < 1.29 is 19.5 Å². The number of hydrogen-bond donors (Lipinski definition) is 5. The van der Waals surface area contributed by atoms with Gasteiger partial charge in [-0.05, 0) is 63.3 Å². The van der Waals surface area contributed by atoms with Gasteiger partial charge in [0.1, 0.15) is 12.1 Å². The van der Waals surface area contributed by atoms with Gasteiger partial charge in [-0.3, -0.25) is 19.7 Å². The summed E-state index contributed by atoms with van der Waals surface area (Å²) in [6, 6.07) is 16.2. The Morgan fingerprint density at radius 1 is 0.879 bits per heavy atom. The number of anilines is 1. The molecule has 2 rings (SSSR count). The smallest absolute Gasteiger partial charge is 0.320 e. The molecule has 0 heterocycles. The van der Waals surface area contributed by atoms with Crippen LogP contribution in [-0.4, -0.2) is 47.6 Å². The normalized spacial score (nSPS) is 13.5. The van der Waals surface area contributed by atoms with Gasteiger partial charge in [-0.1, -0.05) is 48.5 Å². The molecule has 2 aromatic carbocycles. The highest BCUT2D eigenvalue weighted by atomic mass is 16.4. The van der Waals surface area contributed by atoms with Gasteiger partial charge < -0.3 is 21.5 Å². The van der Waals surface area contributed by atoms with Gasteiger partial charge in [0.15, 0.2) is 0 Å². The monoisotopic (exact) mass is 454 g/mol. The molecule has 6 N–H and O–H groups in total. The maximum absolute atomic E-state index is 13.2. The molecular formula is C25H34N4O4. The zero-order valence-corrected chi connectivity index (χ0v) is 19.0. The average molecular weight is 455 g/mol. The number of unbranched alkanes of at least 4 members (excludes halogenated alkanes) is 1. The van der Waals surface area contributed by atoms with Gasteiger partial charge >= 0.3 is 5.97 Å². The van der Waals surface area contributed by atoms with Gasteiger partial charge in [0.05, 0.1) is 6.04 Å². The van der Waals surface area contributed by atoms with E-state index in [-0.39, 0.29) is 5.91 Å². The van der Waals surface area contributed by atoms with E-state index in [1.165, 1.54) is 6.92 Å². The molecule has 0 fully saturated rings. The van der Waals surface area contributed by atoms with Crippen LogP contribution in [0.3, 0.4) is 0 Å². The molecule has 0 aliphatic carbocycles. The standard InChI is InChI=1S/C25H34N4O4/c1-18(25(32)33)27-22(16-15-19-10-4-2-5-11-19)24(31)29-21(14-8-9-17-26)23(30)28-20-12-6-3-7-13-20/h2-7,10-13,18,21-22,27H,8-9,14-17,26H2,1H3,(H,28,30)(H,29,31)(H,32,33)/t18-,21+,22+/m1/s1. The lowest BCUT2D eigenvalue weighted by molar-refractivity contribution is -0.139. The van der Waals surface area contributed by atoms with Gasteiger partial charge in [-0.15, -0.1) is 0 Å². The summed E-state index contributed by atoms with van der Waals surface area (Å²) in [7, 11) is 0. The number of nitrogens with two attached hydrogens (primary N) is 1. The number of amides is 2. The molecule has 8 nitrogen and oxygen atoms in total. The van der Waals surface area contributed by atoms with Crippen LogP contribution in [0.1, 0.15) is 38.2 Å². The Balaban J connectivity index is 2.10. The molecule has 0 unspecified atom stereocenters. The number of benzene rings is 2. The minimum atomic E-state index is -1.05. The molecule has 0 aliphatic heterocycles. The van der Waals surface area contributed by atoms with E-state index in [9.17, 15) is 19.5 Å². The Morgan fingerprint density at radius 2 is 1.52 bits per heavy atom. The van der Waals surface area contributed by atoms with Crippen molar-refractivity contribution in [1.82, 2.24) is 10.6 Å². The van der Waals surface area contributed by atoms with Gasteiger partial charge in [-0.25, -0.2) is 0 Å². The van der Waals surface area contributed by atoms with Crippen molar-refractivity contribution >= 4 is 23.5 Å². The molecule has 0 aliphatic rings. The van der Waals surface area contributed by atoms with Crippen molar-refractivity contribution in [3.05, 3.63) is 66.2 Å². The van der Waals surface area contributed by atoms with Gasteiger partial charge in [0.2, 0.25) is 11.8 Å². The molecular weight excluding hydrogens is 420 g/mol. The molecule has 178 valence electrons. The largest absolute Gasteiger partial charge is 0.480 e. The lowest BCUT2D eigenvalue weighted by atomic mass is 10.0. The van der Waals surface area contributed by atoms with Crippen LogP contribution < -0.4 is 21.7 Å². The summed E-state index contributed by atoms with van der Waals surface area (Å²) in [5.41, 5.74) is 7.27. The minimum absolute atomic E-state index is 0.320. The fraction of sp³-hybridized carbons (Fsp3) is 0.400. The summed E-state index contributed by atoms with van der Waals surface area (Å²) in [6.07, 6.45) is 2.82. The second-order valence-electron chi connectivity index (χ2n) is 8.00. The van der Waals surface area contributed by atoms with Crippen LogP contribution in [0.15, 0.2) is 60.7 Å².